The van der Waals surface area contributed by atoms with Crippen molar-refractivity contribution in [2.24, 2.45) is 5.92 Å². The molecule has 0 saturated carbocycles. The van der Waals surface area contributed by atoms with Gasteiger partial charge in [0, 0.05) is 57.8 Å². The summed E-state index contributed by atoms with van der Waals surface area (Å²) in [5, 5.41) is 0. The standard InChI is InChI=1S/C26H33N3O2/c1-20(30)29-16-9-21(10-17-29)5-8-26(31)24-7-6-22-11-14-28(15-12-23(22)18-24)19-25-4-2-3-13-27-25/h2-4,6-7,13,18,21H,5,8-12,14-17,19H2,1H3. The van der Waals surface area contributed by atoms with Crippen molar-refractivity contribution in [1.29, 1.82) is 0 Å². The van der Waals surface area contributed by atoms with Gasteiger partial charge in [0.15, 0.2) is 5.78 Å². The fourth-order valence-electron chi connectivity index (χ4n) is 4.84. The molecule has 0 aliphatic carbocycles. The highest BCUT2D eigenvalue weighted by Gasteiger charge is 2.22. The van der Waals surface area contributed by atoms with Crippen LogP contribution < -0.4 is 0 Å². The summed E-state index contributed by atoms with van der Waals surface area (Å²) < 4.78 is 0. The molecule has 0 radical (unpaired) electrons. The van der Waals surface area contributed by atoms with Crippen LogP contribution in [-0.4, -0.2) is 52.7 Å². The predicted molar refractivity (Wildman–Crippen MR) is 122 cm³/mol. The Labute approximate surface area is 185 Å². The fraction of sp³-hybridized carbons (Fsp3) is 0.500. The number of hydrogen-bond donors (Lipinski definition) is 0. The zero-order valence-electron chi connectivity index (χ0n) is 18.6. The summed E-state index contributed by atoms with van der Waals surface area (Å²) in [5.74, 6) is 0.977. The number of piperidine rings is 1. The van der Waals surface area contributed by atoms with E-state index in [2.05, 4.69) is 28.1 Å². The molecule has 5 nitrogen and oxygen atoms in total. The van der Waals surface area contributed by atoms with E-state index in [4.69, 9.17) is 0 Å². The Kier molecular flexibility index (Phi) is 7.13. The van der Waals surface area contributed by atoms with E-state index in [1.54, 1.807) is 6.92 Å². The number of ketones is 1. The highest BCUT2D eigenvalue weighted by atomic mass is 16.2. The van der Waals surface area contributed by atoms with Gasteiger partial charge in [-0.1, -0.05) is 18.2 Å². The average molecular weight is 420 g/mol. The number of pyridine rings is 1. The normalized spacial score (nSPS) is 17.8. The van der Waals surface area contributed by atoms with Crippen LogP contribution in [0.5, 0.6) is 0 Å². The SMILES string of the molecule is CC(=O)N1CCC(CCC(=O)c2ccc3c(c2)CCN(Cc2ccccn2)CC3)CC1. The second-order valence-electron chi connectivity index (χ2n) is 8.99. The molecular weight excluding hydrogens is 386 g/mol. The van der Waals surface area contributed by atoms with Crippen LogP contribution in [0.15, 0.2) is 42.6 Å². The predicted octanol–water partition coefficient (Wildman–Crippen LogP) is 3.90. The number of amides is 1. The van der Waals surface area contributed by atoms with Gasteiger partial charge >= 0.3 is 0 Å². The Morgan fingerprint density at radius 2 is 1.77 bits per heavy atom. The van der Waals surface area contributed by atoms with Crippen molar-refractivity contribution in [3.05, 3.63) is 65.0 Å². The minimum atomic E-state index is 0.165. The lowest BCUT2D eigenvalue weighted by atomic mass is 9.89. The van der Waals surface area contributed by atoms with Gasteiger partial charge in [-0.15, -0.1) is 0 Å². The van der Waals surface area contributed by atoms with Crippen LogP contribution >= 0.6 is 0 Å². The maximum absolute atomic E-state index is 12.9. The summed E-state index contributed by atoms with van der Waals surface area (Å²) in [6.45, 7) is 6.21. The van der Waals surface area contributed by atoms with Gasteiger partial charge in [0.2, 0.25) is 5.91 Å². The van der Waals surface area contributed by atoms with Crippen LogP contribution in [0.25, 0.3) is 0 Å². The first kappa shape index (κ1) is 21.7. The molecule has 1 aromatic carbocycles. The van der Waals surface area contributed by atoms with Crippen molar-refractivity contribution in [2.45, 2.75) is 52.0 Å². The van der Waals surface area contributed by atoms with Gasteiger partial charge in [-0.3, -0.25) is 19.5 Å². The Hall–Kier alpha value is -2.53. The molecule has 2 aliphatic rings. The van der Waals surface area contributed by atoms with E-state index in [-0.39, 0.29) is 11.7 Å². The lowest BCUT2D eigenvalue weighted by molar-refractivity contribution is -0.130. The van der Waals surface area contributed by atoms with Gasteiger partial charge in [0.25, 0.3) is 0 Å². The van der Waals surface area contributed by atoms with Gasteiger partial charge in [0.05, 0.1) is 5.69 Å². The largest absolute Gasteiger partial charge is 0.343 e. The molecule has 4 rings (SSSR count). The summed E-state index contributed by atoms with van der Waals surface area (Å²) in [4.78, 5) is 33.2. The Balaban J connectivity index is 1.30. The monoisotopic (exact) mass is 419 g/mol. The fourth-order valence-corrected chi connectivity index (χ4v) is 4.84. The Morgan fingerprint density at radius 1 is 1.00 bits per heavy atom. The van der Waals surface area contributed by atoms with E-state index in [0.717, 1.165) is 76.1 Å². The van der Waals surface area contributed by atoms with Gasteiger partial charge in [-0.05, 0) is 67.3 Å². The van der Waals surface area contributed by atoms with Crippen molar-refractivity contribution in [3.63, 3.8) is 0 Å². The smallest absolute Gasteiger partial charge is 0.219 e. The van der Waals surface area contributed by atoms with E-state index in [0.29, 0.717) is 12.3 Å². The number of hydrogen-bond acceptors (Lipinski definition) is 4. The maximum atomic E-state index is 12.9. The third-order valence-corrected chi connectivity index (χ3v) is 6.87. The highest BCUT2D eigenvalue weighted by molar-refractivity contribution is 5.96. The van der Waals surface area contributed by atoms with Gasteiger partial charge < -0.3 is 4.90 Å². The topological polar surface area (TPSA) is 53.5 Å². The number of carbonyl (C=O) groups excluding carboxylic acids is 2. The van der Waals surface area contributed by atoms with Crippen LogP contribution in [0, 0.1) is 5.92 Å². The van der Waals surface area contributed by atoms with Crippen LogP contribution in [0.1, 0.15) is 59.8 Å². The molecule has 5 heteroatoms. The minimum absolute atomic E-state index is 0.165. The van der Waals surface area contributed by atoms with E-state index in [9.17, 15) is 9.59 Å². The van der Waals surface area contributed by atoms with E-state index < -0.39 is 0 Å². The van der Waals surface area contributed by atoms with Crippen molar-refractivity contribution in [3.8, 4) is 0 Å². The molecule has 1 aromatic heterocycles. The number of Topliss-reactive ketones (excluding diaryl/α,β-unsaturated/α-hetero) is 1. The van der Waals surface area contributed by atoms with Gasteiger partial charge in [-0.25, -0.2) is 0 Å². The maximum Gasteiger partial charge on any atom is 0.219 e. The number of nitrogens with zero attached hydrogens (tertiary/aromatic N) is 3. The molecule has 0 spiro atoms. The number of fused-ring (bicyclic) bond motifs is 1. The molecule has 1 fully saturated rings. The lowest BCUT2D eigenvalue weighted by Gasteiger charge is -2.31. The minimum Gasteiger partial charge on any atom is -0.343 e. The molecule has 2 aromatic rings. The van der Waals surface area contributed by atoms with Crippen molar-refractivity contribution in [2.75, 3.05) is 26.2 Å². The third-order valence-electron chi connectivity index (χ3n) is 6.87. The number of aromatic nitrogens is 1. The lowest BCUT2D eigenvalue weighted by Crippen LogP contribution is -2.37. The first-order valence-corrected chi connectivity index (χ1v) is 11.6. The summed E-state index contributed by atoms with van der Waals surface area (Å²) in [5.41, 5.74) is 4.66. The van der Waals surface area contributed by atoms with Crippen molar-refractivity contribution < 1.29 is 9.59 Å². The second-order valence-corrected chi connectivity index (χ2v) is 8.99. The number of benzene rings is 1. The van der Waals surface area contributed by atoms with Crippen molar-refractivity contribution >= 4 is 11.7 Å². The molecule has 164 valence electrons. The zero-order valence-corrected chi connectivity index (χ0v) is 18.6. The van der Waals surface area contributed by atoms with E-state index in [1.165, 1.54) is 11.1 Å². The molecule has 0 N–H and O–H groups in total. The number of rotatable bonds is 6. The first-order chi connectivity index (χ1) is 15.1. The van der Waals surface area contributed by atoms with Gasteiger partial charge in [0.1, 0.15) is 0 Å². The van der Waals surface area contributed by atoms with E-state index in [1.807, 2.05) is 29.3 Å². The summed E-state index contributed by atoms with van der Waals surface area (Å²) in [6, 6.07) is 12.4. The summed E-state index contributed by atoms with van der Waals surface area (Å²) in [6.07, 6.45) is 7.42. The van der Waals surface area contributed by atoms with Crippen LogP contribution in [-0.2, 0) is 24.2 Å². The van der Waals surface area contributed by atoms with E-state index >= 15 is 0 Å². The molecule has 31 heavy (non-hydrogen) atoms. The molecule has 1 saturated heterocycles. The second kappa shape index (κ2) is 10.2. The first-order valence-electron chi connectivity index (χ1n) is 11.6. The molecular formula is C26H33N3O2. The Bertz CT molecular complexity index is 904. The molecule has 0 atom stereocenters. The molecule has 1 amide bonds. The Morgan fingerprint density at radius 3 is 2.48 bits per heavy atom. The van der Waals surface area contributed by atoms with Crippen LogP contribution in [0.4, 0.5) is 0 Å². The number of likely N-dealkylation sites (tertiary alicyclic amines) is 1. The van der Waals surface area contributed by atoms with Gasteiger partial charge in [-0.2, -0.15) is 0 Å². The molecule has 0 unspecified atom stereocenters. The summed E-state index contributed by atoms with van der Waals surface area (Å²) in [7, 11) is 0. The van der Waals surface area contributed by atoms with Crippen molar-refractivity contribution in [1.82, 2.24) is 14.8 Å². The molecule has 0 bridgehead atoms. The van der Waals surface area contributed by atoms with Crippen LogP contribution in [0.2, 0.25) is 0 Å². The number of carbonyl (C=O) groups is 2. The zero-order chi connectivity index (χ0) is 21.6. The average Bonchev–Trinajstić information content (AvgIpc) is 3.00. The quantitative estimate of drug-likeness (QED) is 0.667. The summed E-state index contributed by atoms with van der Waals surface area (Å²) >= 11 is 0. The van der Waals surface area contributed by atoms with Crippen LogP contribution in [0.3, 0.4) is 0 Å². The molecule has 2 aliphatic heterocycles. The third kappa shape index (κ3) is 5.79. The highest BCUT2D eigenvalue weighted by Crippen LogP contribution is 2.24. The molecule has 3 heterocycles.